The van der Waals surface area contributed by atoms with E-state index in [2.05, 4.69) is 10.3 Å². The normalized spacial score (nSPS) is 10.2. The Hall–Kier alpha value is -2.56. The molecule has 0 aliphatic heterocycles. The van der Waals surface area contributed by atoms with Crippen LogP contribution in [0.5, 0.6) is 11.5 Å². The van der Waals surface area contributed by atoms with E-state index in [1.807, 2.05) is 18.2 Å². The van der Waals surface area contributed by atoms with Crippen LogP contribution in [0.25, 0.3) is 0 Å². The molecule has 0 unspecified atom stereocenters. The second-order valence-electron chi connectivity index (χ2n) is 4.79. The van der Waals surface area contributed by atoms with E-state index in [0.29, 0.717) is 22.8 Å². The van der Waals surface area contributed by atoms with Crippen molar-refractivity contribution in [2.75, 3.05) is 11.9 Å². The van der Waals surface area contributed by atoms with E-state index < -0.39 is 0 Å². The summed E-state index contributed by atoms with van der Waals surface area (Å²) in [7, 11) is 0. The van der Waals surface area contributed by atoms with Gasteiger partial charge in [0, 0.05) is 0 Å². The number of pyridine rings is 1. The zero-order valence-corrected chi connectivity index (χ0v) is 12.3. The standard InChI is InChI=1S/C16H18N2O3/c1-10-11(2)16(17-12(3)15(10)20)18-14(19)9-21-13-7-5-4-6-8-13/h4-8,20H,9H2,1-3H3,(H,17,18,19). The fourth-order valence-electron chi connectivity index (χ4n) is 1.89. The molecule has 0 aliphatic rings. The highest BCUT2D eigenvalue weighted by molar-refractivity contribution is 5.91. The number of para-hydroxylation sites is 1. The van der Waals surface area contributed by atoms with Crippen LogP contribution in [0.2, 0.25) is 0 Å². The monoisotopic (exact) mass is 286 g/mol. The van der Waals surface area contributed by atoms with E-state index in [1.54, 1.807) is 32.9 Å². The zero-order valence-electron chi connectivity index (χ0n) is 12.3. The number of ether oxygens (including phenoxy) is 1. The van der Waals surface area contributed by atoms with Crippen molar-refractivity contribution in [3.63, 3.8) is 0 Å². The highest BCUT2D eigenvalue weighted by Gasteiger charge is 2.13. The van der Waals surface area contributed by atoms with Gasteiger partial charge in [0.1, 0.15) is 17.3 Å². The molecular formula is C16H18N2O3. The van der Waals surface area contributed by atoms with Crippen LogP contribution in [0.1, 0.15) is 16.8 Å². The fraction of sp³-hybridized carbons (Fsp3) is 0.250. The molecule has 1 aromatic heterocycles. The molecule has 0 bridgehead atoms. The van der Waals surface area contributed by atoms with Gasteiger partial charge in [0.15, 0.2) is 6.61 Å². The fourth-order valence-corrected chi connectivity index (χ4v) is 1.89. The Morgan fingerprint density at radius 2 is 1.86 bits per heavy atom. The first-order valence-electron chi connectivity index (χ1n) is 6.63. The Labute approximate surface area is 123 Å². The maximum absolute atomic E-state index is 11.9. The average Bonchev–Trinajstić information content (AvgIpc) is 2.49. The lowest BCUT2D eigenvalue weighted by Crippen LogP contribution is -2.21. The molecule has 1 amide bonds. The van der Waals surface area contributed by atoms with Crippen molar-refractivity contribution >= 4 is 11.7 Å². The van der Waals surface area contributed by atoms with Crippen molar-refractivity contribution in [2.24, 2.45) is 0 Å². The second kappa shape index (κ2) is 6.26. The number of benzene rings is 1. The molecule has 0 atom stereocenters. The number of hydrogen-bond acceptors (Lipinski definition) is 4. The summed E-state index contributed by atoms with van der Waals surface area (Å²) in [6.45, 7) is 5.19. The number of nitrogens with zero attached hydrogens (tertiary/aromatic N) is 1. The largest absolute Gasteiger partial charge is 0.506 e. The summed E-state index contributed by atoms with van der Waals surface area (Å²) in [6, 6.07) is 9.12. The Kier molecular flexibility index (Phi) is 4.42. The van der Waals surface area contributed by atoms with E-state index in [1.165, 1.54) is 0 Å². The SMILES string of the molecule is Cc1nc(NC(=O)COc2ccccc2)c(C)c(C)c1O. The van der Waals surface area contributed by atoms with Crippen LogP contribution >= 0.6 is 0 Å². The molecule has 2 N–H and O–H groups in total. The zero-order chi connectivity index (χ0) is 15.4. The third-order valence-electron chi connectivity index (χ3n) is 3.27. The molecule has 0 fully saturated rings. The first-order chi connectivity index (χ1) is 9.99. The van der Waals surface area contributed by atoms with Crippen LogP contribution < -0.4 is 10.1 Å². The first-order valence-corrected chi connectivity index (χ1v) is 6.63. The summed E-state index contributed by atoms with van der Waals surface area (Å²) in [4.78, 5) is 16.1. The van der Waals surface area contributed by atoms with Gasteiger partial charge in [-0.3, -0.25) is 4.79 Å². The highest BCUT2D eigenvalue weighted by Crippen LogP contribution is 2.27. The van der Waals surface area contributed by atoms with Gasteiger partial charge in [-0.2, -0.15) is 0 Å². The van der Waals surface area contributed by atoms with Gasteiger partial charge in [0.25, 0.3) is 5.91 Å². The summed E-state index contributed by atoms with van der Waals surface area (Å²) in [5.74, 6) is 0.949. The quantitative estimate of drug-likeness (QED) is 0.906. The van der Waals surface area contributed by atoms with Crippen LogP contribution in [0, 0.1) is 20.8 Å². The van der Waals surface area contributed by atoms with Gasteiger partial charge < -0.3 is 15.2 Å². The van der Waals surface area contributed by atoms with Crippen LogP contribution in [0.4, 0.5) is 5.82 Å². The molecule has 1 aromatic carbocycles. The number of carbonyl (C=O) groups excluding carboxylic acids is 1. The molecule has 0 saturated carbocycles. The molecule has 110 valence electrons. The number of amides is 1. The van der Waals surface area contributed by atoms with Gasteiger partial charge in [-0.25, -0.2) is 4.98 Å². The maximum Gasteiger partial charge on any atom is 0.263 e. The van der Waals surface area contributed by atoms with Crippen molar-refractivity contribution in [3.05, 3.63) is 47.2 Å². The predicted molar refractivity (Wildman–Crippen MR) is 80.7 cm³/mol. The minimum Gasteiger partial charge on any atom is -0.506 e. The van der Waals surface area contributed by atoms with E-state index in [-0.39, 0.29) is 18.3 Å². The number of nitrogens with one attached hydrogen (secondary N) is 1. The van der Waals surface area contributed by atoms with Gasteiger partial charge in [-0.05, 0) is 44.0 Å². The van der Waals surface area contributed by atoms with Gasteiger partial charge in [-0.15, -0.1) is 0 Å². The minimum absolute atomic E-state index is 0.0931. The van der Waals surface area contributed by atoms with Crippen molar-refractivity contribution in [1.29, 1.82) is 0 Å². The molecular weight excluding hydrogens is 268 g/mol. The van der Waals surface area contributed by atoms with Crippen LogP contribution in [0.15, 0.2) is 30.3 Å². The highest BCUT2D eigenvalue weighted by atomic mass is 16.5. The van der Waals surface area contributed by atoms with Gasteiger partial charge >= 0.3 is 0 Å². The van der Waals surface area contributed by atoms with Crippen molar-refractivity contribution in [2.45, 2.75) is 20.8 Å². The topological polar surface area (TPSA) is 71.5 Å². The molecule has 5 heteroatoms. The van der Waals surface area contributed by atoms with Gasteiger partial charge in [0.2, 0.25) is 0 Å². The average molecular weight is 286 g/mol. The number of hydrogen-bond donors (Lipinski definition) is 2. The van der Waals surface area contributed by atoms with E-state index in [9.17, 15) is 9.90 Å². The van der Waals surface area contributed by atoms with Crippen molar-refractivity contribution in [1.82, 2.24) is 4.98 Å². The summed E-state index contributed by atoms with van der Waals surface area (Å²) in [5.41, 5.74) is 1.94. The van der Waals surface area contributed by atoms with Gasteiger partial charge in [-0.1, -0.05) is 18.2 Å². The number of rotatable bonds is 4. The van der Waals surface area contributed by atoms with Crippen LogP contribution in [-0.4, -0.2) is 22.6 Å². The molecule has 2 aromatic rings. The number of carbonyl (C=O) groups is 1. The minimum atomic E-state index is -0.293. The van der Waals surface area contributed by atoms with Crippen LogP contribution in [0.3, 0.4) is 0 Å². The molecule has 1 heterocycles. The Balaban J connectivity index is 2.03. The maximum atomic E-state index is 11.9. The number of aromatic hydroxyl groups is 1. The molecule has 21 heavy (non-hydrogen) atoms. The first kappa shape index (κ1) is 14.8. The van der Waals surface area contributed by atoms with E-state index >= 15 is 0 Å². The number of anilines is 1. The Bertz CT molecular complexity index is 654. The summed E-state index contributed by atoms with van der Waals surface area (Å²) in [6.07, 6.45) is 0. The summed E-state index contributed by atoms with van der Waals surface area (Å²) in [5, 5.41) is 12.5. The van der Waals surface area contributed by atoms with E-state index in [4.69, 9.17) is 4.74 Å². The second-order valence-corrected chi connectivity index (χ2v) is 4.79. The molecule has 0 saturated heterocycles. The van der Waals surface area contributed by atoms with Crippen molar-refractivity contribution in [3.8, 4) is 11.5 Å². The third-order valence-corrected chi connectivity index (χ3v) is 3.27. The molecule has 5 nitrogen and oxygen atoms in total. The van der Waals surface area contributed by atoms with Crippen LogP contribution in [-0.2, 0) is 4.79 Å². The summed E-state index contributed by atoms with van der Waals surface area (Å²) < 4.78 is 5.37. The third kappa shape index (κ3) is 3.51. The smallest absolute Gasteiger partial charge is 0.263 e. The predicted octanol–water partition coefficient (Wildman–Crippen LogP) is 2.73. The van der Waals surface area contributed by atoms with Crippen molar-refractivity contribution < 1.29 is 14.6 Å². The Morgan fingerprint density at radius 1 is 1.19 bits per heavy atom. The summed E-state index contributed by atoms with van der Waals surface area (Å²) >= 11 is 0. The molecule has 0 radical (unpaired) electrons. The number of aromatic nitrogens is 1. The molecule has 0 aliphatic carbocycles. The Morgan fingerprint density at radius 3 is 2.52 bits per heavy atom. The lowest BCUT2D eigenvalue weighted by Gasteiger charge is -2.13. The molecule has 0 spiro atoms. The molecule has 2 rings (SSSR count). The lowest BCUT2D eigenvalue weighted by molar-refractivity contribution is -0.118. The lowest BCUT2D eigenvalue weighted by atomic mass is 10.1. The van der Waals surface area contributed by atoms with Gasteiger partial charge in [0.05, 0.1) is 5.69 Å². The number of aryl methyl sites for hydroxylation is 1. The van der Waals surface area contributed by atoms with E-state index in [0.717, 1.165) is 5.56 Å².